The largest absolute Gasteiger partial charge is 0.496 e. The molecule has 0 atom stereocenters. The molecule has 1 rings (SSSR count). The minimum absolute atomic E-state index is 0.0585. The molecule has 1 aromatic carbocycles. The number of hydrogen-bond acceptors (Lipinski definition) is 2. The van der Waals surface area contributed by atoms with Crippen LogP contribution in [0.2, 0.25) is 0 Å². The van der Waals surface area contributed by atoms with Gasteiger partial charge >= 0.3 is 0 Å². The maximum Gasteiger partial charge on any atom is 0.153 e. The molecule has 0 aliphatic rings. The molecule has 11 heavy (non-hydrogen) atoms. The number of carbonyl (C=O) groups is 1. The Bertz CT molecular complexity index is 349. The van der Waals surface area contributed by atoms with Gasteiger partial charge in [0.15, 0.2) is 6.29 Å². The van der Waals surface area contributed by atoms with Crippen LogP contribution in [0.25, 0.3) is 0 Å². The van der Waals surface area contributed by atoms with Gasteiger partial charge in [-0.25, -0.2) is 0 Å². The number of rotatable bonds is 2. The summed E-state index contributed by atoms with van der Waals surface area (Å²) in [4.78, 5) is 10.6. The minimum atomic E-state index is -2.54. The highest BCUT2D eigenvalue weighted by Crippen LogP contribution is 2.20. The molecule has 0 heterocycles. The third-order valence-corrected chi connectivity index (χ3v) is 1.70. The van der Waals surface area contributed by atoms with Crippen LogP contribution in [-0.2, 0) is 0 Å². The van der Waals surface area contributed by atoms with Crippen molar-refractivity contribution in [1.29, 1.82) is 0 Å². The van der Waals surface area contributed by atoms with E-state index in [1.807, 2.05) is 0 Å². The third-order valence-electron chi connectivity index (χ3n) is 1.21. The minimum Gasteiger partial charge on any atom is -0.496 e. The smallest absolute Gasteiger partial charge is 0.153 e. The van der Waals surface area contributed by atoms with Gasteiger partial charge in [0, 0.05) is 4.47 Å². The van der Waals surface area contributed by atoms with Crippen LogP contribution in [0.5, 0.6) is 5.75 Å². The Morgan fingerprint density at radius 3 is 3.18 bits per heavy atom. The second kappa shape index (κ2) is 3.53. The first-order chi connectivity index (χ1) is 6.42. The first-order valence-corrected chi connectivity index (χ1v) is 3.65. The fourth-order valence-corrected chi connectivity index (χ4v) is 1.08. The van der Waals surface area contributed by atoms with E-state index < -0.39 is 7.04 Å². The SMILES string of the molecule is [2H]C([2H])([2H])Oc1ccc(Br)cc1C=O. The van der Waals surface area contributed by atoms with Crippen LogP contribution >= 0.6 is 15.9 Å². The summed E-state index contributed by atoms with van der Waals surface area (Å²) in [6, 6.07) is 4.53. The van der Waals surface area contributed by atoms with E-state index in [0.29, 0.717) is 10.8 Å². The molecular weight excluding hydrogens is 208 g/mol. The summed E-state index contributed by atoms with van der Waals surface area (Å²) in [6.45, 7) is 0. The zero-order valence-electron chi connectivity index (χ0n) is 8.50. The molecule has 1 aromatic rings. The molecule has 0 unspecified atom stereocenters. The maximum absolute atomic E-state index is 10.6. The fourth-order valence-electron chi connectivity index (χ4n) is 0.704. The number of ether oxygens (including phenoxy) is 1. The van der Waals surface area contributed by atoms with Crippen molar-refractivity contribution in [2.75, 3.05) is 7.04 Å². The molecule has 0 aromatic heterocycles. The normalized spacial score (nSPS) is 14.5. The lowest BCUT2D eigenvalue weighted by molar-refractivity contribution is 0.112. The Hall–Kier alpha value is -0.830. The second-order valence-electron chi connectivity index (χ2n) is 1.90. The van der Waals surface area contributed by atoms with E-state index in [0.717, 1.165) is 0 Å². The van der Waals surface area contributed by atoms with Crippen LogP contribution in [0, 0.1) is 0 Å². The molecule has 0 saturated heterocycles. The highest BCUT2D eigenvalue weighted by Gasteiger charge is 2.00. The number of hydrogen-bond donors (Lipinski definition) is 0. The highest BCUT2D eigenvalue weighted by atomic mass is 79.9. The van der Waals surface area contributed by atoms with E-state index in [2.05, 4.69) is 20.7 Å². The molecule has 0 aliphatic carbocycles. The molecule has 2 nitrogen and oxygen atoms in total. The first kappa shape index (κ1) is 4.93. The van der Waals surface area contributed by atoms with Gasteiger partial charge in [-0.15, -0.1) is 0 Å². The molecule has 0 N–H and O–H groups in total. The van der Waals surface area contributed by atoms with Crippen molar-refractivity contribution >= 4 is 22.2 Å². The van der Waals surface area contributed by atoms with Crippen molar-refractivity contribution < 1.29 is 13.6 Å². The lowest BCUT2D eigenvalue weighted by Crippen LogP contribution is -1.89. The Balaban J connectivity index is 3.03. The van der Waals surface area contributed by atoms with Gasteiger partial charge in [0.2, 0.25) is 0 Å². The molecule has 0 spiro atoms. The summed E-state index contributed by atoms with van der Waals surface area (Å²) in [6.07, 6.45) is 0.547. The lowest BCUT2D eigenvalue weighted by atomic mass is 10.2. The number of aldehydes is 1. The number of methoxy groups -OCH3 is 1. The Morgan fingerprint density at radius 2 is 2.55 bits per heavy atom. The number of benzene rings is 1. The second-order valence-corrected chi connectivity index (χ2v) is 2.82. The number of halogens is 1. The van der Waals surface area contributed by atoms with Crippen LogP contribution in [0.3, 0.4) is 0 Å². The maximum atomic E-state index is 10.6. The summed E-state index contributed by atoms with van der Waals surface area (Å²) in [5.74, 6) is 0.0585. The summed E-state index contributed by atoms with van der Waals surface area (Å²) >= 11 is 3.16. The molecule has 0 bridgehead atoms. The number of carbonyl (C=O) groups excluding carboxylic acids is 1. The van der Waals surface area contributed by atoms with Gasteiger partial charge in [-0.2, -0.15) is 0 Å². The van der Waals surface area contributed by atoms with Crippen LogP contribution in [-0.4, -0.2) is 13.3 Å². The fraction of sp³-hybridized carbons (Fsp3) is 0.125. The topological polar surface area (TPSA) is 26.3 Å². The average molecular weight is 218 g/mol. The molecule has 0 saturated carbocycles. The summed E-state index contributed by atoms with van der Waals surface area (Å²) in [5.41, 5.74) is 0.204. The van der Waals surface area contributed by atoms with Crippen LogP contribution in [0.4, 0.5) is 0 Å². The van der Waals surface area contributed by atoms with E-state index in [1.165, 1.54) is 12.1 Å². The molecular formula is C8H7BrO2. The molecule has 0 aliphatic heterocycles. The van der Waals surface area contributed by atoms with Crippen molar-refractivity contribution in [2.24, 2.45) is 0 Å². The van der Waals surface area contributed by atoms with Crippen molar-refractivity contribution in [3.63, 3.8) is 0 Å². The monoisotopic (exact) mass is 217 g/mol. The van der Waals surface area contributed by atoms with Gasteiger partial charge in [0.05, 0.1) is 16.7 Å². The van der Waals surface area contributed by atoms with Gasteiger partial charge < -0.3 is 4.74 Å². The van der Waals surface area contributed by atoms with E-state index in [9.17, 15) is 4.79 Å². The lowest BCUT2D eigenvalue weighted by Gasteiger charge is -2.01. The highest BCUT2D eigenvalue weighted by molar-refractivity contribution is 9.10. The summed E-state index contributed by atoms with van der Waals surface area (Å²) in [7, 11) is -2.54. The molecule has 58 valence electrons. The molecule has 0 radical (unpaired) electrons. The third kappa shape index (κ3) is 1.80. The van der Waals surface area contributed by atoms with Crippen molar-refractivity contribution in [3.8, 4) is 5.75 Å². The molecule has 3 heteroatoms. The van der Waals surface area contributed by atoms with Gasteiger partial charge in [-0.1, -0.05) is 15.9 Å². The van der Waals surface area contributed by atoms with Crippen molar-refractivity contribution in [2.45, 2.75) is 0 Å². The van der Waals surface area contributed by atoms with Gasteiger partial charge in [0.1, 0.15) is 5.75 Å². The van der Waals surface area contributed by atoms with Gasteiger partial charge in [-0.05, 0) is 18.2 Å². The predicted octanol–water partition coefficient (Wildman–Crippen LogP) is 2.27. The Morgan fingerprint density at radius 1 is 1.73 bits per heavy atom. The van der Waals surface area contributed by atoms with Crippen molar-refractivity contribution in [3.05, 3.63) is 28.2 Å². The van der Waals surface area contributed by atoms with E-state index in [4.69, 9.17) is 4.11 Å². The van der Waals surface area contributed by atoms with E-state index in [-0.39, 0.29) is 11.3 Å². The van der Waals surface area contributed by atoms with Crippen molar-refractivity contribution in [1.82, 2.24) is 0 Å². The van der Waals surface area contributed by atoms with E-state index in [1.54, 1.807) is 6.07 Å². The van der Waals surface area contributed by atoms with Gasteiger partial charge in [-0.3, -0.25) is 4.79 Å². The van der Waals surface area contributed by atoms with Gasteiger partial charge in [0.25, 0.3) is 0 Å². The quantitative estimate of drug-likeness (QED) is 0.711. The average Bonchev–Trinajstić information content (AvgIpc) is 2.06. The Kier molecular flexibility index (Phi) is 1.58. The molecule has 0 amide bonds. The zero-order valence-corrected chi connectivity index (χ0v) is 7.09. The molecule has 0 fully saturated rings. The standard InChI is InChI=1S/C8H7BrO2/c1-11-8-3-2-7(9)4-6(8)5-10/h2-5H,1H3/i1D3. The first-order valence-electron chi connectivity index (χ1n) is 4.36. The summed E-state index contributed by atoms with van der Waals surface area (Å²) in [5, 5.41) is 0. The van der Waals surface area contributed by atoms with Crippen LogP contribution in [0.15, 0.2) is 22.7 Å². The van der Waals surface area contributed by atoms with Crippen LogP contribution < -0.4 is 4.74 Å². The predicted molar refractivity (Wildman–Crippen MR) is 46.1 cm³/mol. The Labute approximate surface area is 77.5 Å². The zero-order chi connectivity index (χ0) is 10.8. The van der Waals surface area contributed by atoms with E-state index >= 15 is 0 Å². The van der Waals surface area contributed by atoms with Crippen LogP contribution in [0.1, 0.15) is 14.5 Å². The summed E-state index contributed by atoms with van der Waals surface area (Å²) < 4.78 is 26.0.